The predicted molar refractivity (Wildman–Crippen MR) is 57.3 cm³/mol. The van der Waals surface area contributed by atoms with Gasteiger partial charge in [-0.05, 0) is 6.42 Å². The van der Waals surface area contributed by atoms with E-state index in [1.165, 1.54) is 24.9 Å². The number of ether oxygens (including phenoxy) is 1. The Balaban J connectivity index is 3.03. The van der Waals surface area contributed by atoms with Crippen LogP contribution in [0.1, 0.15) is 12.0 Å². The van der Waals surface area contributed by atoms with Gasteiger partial charge < -0.3 is 9.30 Å². The van der Waals surface area contributed by atoms with Gasteiger partial charge in [-0.3, -0.25) is 14.2 Å². The molecule has 0 bridgehead atoms. The SMILES string of the molecule is COC(=O)CCc1cn(C)c(=O)n(C)c1=O. The molecule has 0 spiro atoms. The number of carbonyl (C=O) groups is 1. The van der Waals surface area contributed by atoms with Gasteiger partial charge in [-0.2, -0.15) is 0 Å². The number of aromatic nitrogens is 2. The van der Waals surface area contributed by atoms with Crippen molar-refractivity contribution < 1.29 is 9.53 Å². The third-order valence-corrected chi connectivity index (χ3v) is 2.34. The monoisotopic (exact) mass is 226 g/mol. The molecule has 0 atom stereocenters. The molecule has 0 saturated carbocycles. The molecule has 0 aliphatic heterocycles. The number of carbonyl (C=O) groups excluding carboxylic acids is 1. The minimum Gasteiger partial charge on any atom is -0.469 e. The molecule has 6 heteroatoms. The van der Waals surface area contributed by atoms with Crippen molar-refractivity contribution in [1.82, 2.24) is 9.13 Å². The molecule has 0 amide bonds. The Kier molecular flexibility index (Phi) is 3.65. The van der Waals surface area contributed by atoms with Gasteiger partial charge in [0.05, 0.1) is 7.11 Å². The number of nitrogens with zero attached hydrogens (tertiary/aromatic N) is 2. The van der Waals surface area contributed by atoms with Gasteiger partial charge in [0, 0.05) is 32.3 Å². The normalized spacial score (nSPS) is 10.2. The number of aryl methyl sites for hydroxylation is 2. The summed E-state index contributed by atoms with van der Waals surface area (Å²) in [6.45, 7) is 0. The van der Waals surface area contributed by atoms with E-state index in [9.17, 15) is 14.4 Å². The average Bonchev–Trinajstić information content (AvgIpc) is 2.28. The maximum absolute atomic E-state index is 11.6. The summed E-state index contributed by atoms with van der Waals surface area (Å²) in [6.07, 6.45) is 1.85. The summed E-state index contributed by atoms with van der Waals surface area (Å²) in [6, 6.07) is 0. The van der Waals surface area contributed by atoms with E-state index in [1.54, 1.807) is 7.05 Å². The van der Waals surface area contributed by atoms with Crippen LogP contribution < -0.4 is 11.2 Å². The lowest BCUT2D eigenvalue weighted by atomic mass is 10.2. The van der Waals surface area contributed by atoms with Crippen LogP contribution in [0.3, 0.4) is 0 Å². The first-order valence-corrected chi connectivity index (χ1v) is 4.79. The number of esters is 1. The van der Waals surface area contributed by atoms with Crippen molar-refractivity contribution in [2.75, 3.05) is 7.11 Å². The van der Waals surface area contributed by atoms with Gasteiger partial charge in [0.15, 0.2) is 0 Å². The molecule has 1 aromatic heterocycles. The fraction of sp³-hybridized carbons (Fsp3) is 0.500. The Bertz CT molecular complexity index is 513. The minimum absolute atomic E-state index is 0.129. The lowest BCUT2D eigenvalue weighted by molar-refractivity contribution is -0.140. The zero-order chi connectivity index (χ0) is 12.3. The van der Waals surface area contributed by atoms with E-state index in [0.717, 1.165) is 4.57 Å². The topological polar surface area (TPSA) is 70.3 Å². The van der Waals surface area contributed by atoms with Crippen LogP contribution in [0.4, 0.5) is 0 Å². The van der Waals surface area contributed by atoms with Gasteiger partial charge in [-0.25, -0.2) is 4.79 Å². The first-order valence-electron chi connectivity index (χ1n) is 4.79. The molecular formula is C10H14N2O4. The Labute approximate surface area is 92.1 Å². The van der Waals surface area contributed by atoms with Crippen molar-refractivity contribution in [3.8, 4) is 0 Å². The van der Waals surface area contributed by atoms with Crippen LogP contribution in [-0.4, -0.2) is 22.2 Å². The largest absolute Gasteiger partial charge is 0.469 e. The van der Waals surface area contributed by atoms with Crippen molar-refractivity contribution in [3.63, 3.8) is 0 Å². The highest BCUT2D eigenvalue weighted by atomic mass is 16.5. The quantitative estimate of drug-likeness (QED) is 0.632. The minimum atomic E-state index is -0.383. The molecular weight excluding hydrogens is 212 g/mol. The van der Waals surface area contributed by atoms with Gasteiger partial charge in [0.2, 0.25) is 0 Å². The summed E-state index contributed by atoms with van der Waals surface area (Å²) in [5.41, 5.74) is -0.325. The Hall–Kier alpha value is -1.85. The Morgan fingerprint density at radius 2 is 2.00 bits per heavy atom. The van der Waals surface area contributed by atoms with Crippen molar-refractivity contribution in [2.45, 2.75) is 12.8 Å². The van der Waals surface area contributed by atoms with E-state index in [0.29, 0.717) is 5.56 Å². The van der Waals surface area contributed by atoms with E-state index in [1.807, 2.05) is 0 Å². The molecule has 0 unspecified atom stereocenters. The van der Waals surface area contributed by atoms with Crippen LogP contribution in [0.5, 0.6) is 0 Å². The average molecular weight is 226 g/mol. The van der Waals surface area contributed by atoms with E-state index >= 15 is 0 Å². The van der Waals surface area contributed by atoms with E-state index in [2.05, 4.69) is 4.74 Å². The highest BCUT2D eigenvalue weighted by Gasteiger charge is 2.08. The molecule has 0 aromatic carbocycles. The van der Waals surface area contributed by atoms with Gasteiger partial charge in [-0.1, -0.05) is 0 Å². The van der Waals surface area contributed by atoms with Gasteiger partial charge in [0.25, 0.3) is 5.56 Å². The number of rotatable bonds is 3. The molecule has 0 N–H and O–H groups in total. The van der Waals surface area contributed by atoms with E-state index in [4.69, 9.17) is 0 Å². The third kappa shape index (κ3) is 2.39. The summed E-state index contributed by atoms with van der Waals surface area (Å²) in [5, 5.41) is 0. The predicted octanol–water partition coefficient (Wildman–Crippen LogP) is -0.810. The molecule has 1 rings (SSSR count). The molecule has 1 heterocycles. The van der Waals surface area contributed by atoms with Crippen LogP contribution in [0.2, 0.25) is 0 Å². The molecule has 0 saturated heterocycles. The van der Waals surface area contributed by atoms with Crippen LogP contribution in [0.15, 0.2) is 15.8 Å². The van der Waals surface area contributed by atoms with E-state index < -0.39 is 0 Å². The van der Waals surface area contributed by atoms with Gasteiger partial charge in [0.1, 0.15) is 0 Å². The first kappa shape index (κ1) is 12.2. The van der Waals surface area contributed by atoms with Crippen LogP contribution in [0.25, 0.3) is 0 Å². The van der Waals surface area contributed by atoms with Crippen molar-refractivity contribution >= 4 is 5.97 Å². The Morgan fingerprint density at radius 1 is 1.38 bits per heavy atom. The second-order valence-electron chi connectivity index (χ2n) is 3.49. The fourth-order valence-corrected chi connectivity index (χ4v) is 1.39. The molecule has 16 heavy (non-hydrogen) atoms. The zero-order valence-electron chi connectivity index (χ0n) is 9.52. The smallest absolute Gasteiger partial charge is 0.330 e. The van der Waals surface area contributed by atoms with Crippen LogP contribution in [0, 0.1) is 0 Å². The zero-order valence-corrected chi connectivity index (χ0v) is 9.52. The highest BCUT2D eigenvalue weighted by molar-refractivity contribution is 5.69. The maximum atomic E-state index is 11.6. The molecule has 0 radical (unpaired) electrons. The molecule has 0 aliphatic carbocycles. The maximum Gasteiger partial charge on any atom is 0.330 e. The fourth-order valence-electron chi connectivity index (χ4n) is 1.39. The van der Waals surface area contributed by atoms with Crippen LogP contribution >= 0.6 is 0 Å². The lowest BCUT2D eigenvalue weighted by Gasteiger charge is -2.05. The van der Waals surface area contributed by atoms with Gasteiger partial charge in [-0.15, -0.1) is 0 Å². The van der Waals surface area contributed by atoms with E-state index in [-0.39, 0.29) is 30.1 Å². The van der Waals surface area contributed by atoms with Crippen molar-refractivity contribution in [3.05, 3.63) is 32.6 Å². The molecule has 0 aliphatic rings. The highest BCUT2D eigenvalue weighted by Crippen LogP contribution is 1.96. The number of methoxy groups -OCH3 is 1. The summed E-state index contributed by atoms with van der Waals surface area (Å²) < 4.78 is 6.81. The Morgan fingerprint density at radius 3 is 2.56 bits per heavy atom. The summed E-state index contributed by atoms with van der Waals surface area (Å²) in [5.74, 6) is -0.379. The number of hydrogen-bond donors (Lipinski definition) is 0. The summed E-state index contributed by atoms with van der Waals surface area (Å²) >= 11 is 0. The second kappa shape index (κ2) is 4.78. The molecule has 0 fully saturated rings. The second-order valence-corrected chi connectivity index (χ2v) is 3.49. The molecule has 88 valence electrons. The van der Waals surface area contributed by atoms with Crippen molar-refractivity contribution in [2.24, 2.45) is 14.1 Å². The standard InChI is InChI=1S/C10H14N2O4/c1-11-6-7(4-5-8(13)16-3)9(14)12(2)10(11)15/h6H,4-5H2,1-3H3. The summed E-state index contributed by atoms with van der Waals surface area (Å²) in [7, 11) is 4.26. The third-order valence-electron chi connectivity index (χ3n) is 2.34. The van der Waals surface area contributed by atoms with Crippen LogP contribution in [-0.2, 0) is 30.0 Å². The first-order chi connectivity index (χ1) is 7.47. The number of hydrogen-bond acceptors (Lipinski definition) is 4. The summed E-state index contributed by atoms with van der Waals surface area (Å²) in [4.78, 5) is 33.9. The lowest BCUT2D eigenvalue weighted by Crippen LogP contribution is -2.38. The molecule has 6 nitrogen and oxygen atoms in total. The van der Waals surface area contributed by atoms with Crippen molar-refractivity contribution in [1.29, 1.82) is 0 Å². The van der Waals surface area contributed by atoms with Gasteiger partial charge >= 0.3 is 11.7 Å². The molecule has 1 aromatic rings.